The first-order valence-electron chi connectivity index (χ1n) is 8.80. The Morgan fingerprint density at radius 3 is 2.78 bits per heavy atom. The quantitative estimate of drug-likeness (QED) is 0.750. The molecule has 1 heterocycles. The van der Waals surface area contributed by atoms with Crippen molar-refractivity contribution in [2.24, 2.45) is 5.41 Å². The molecule has 1 aliphatic carbocycles. The van der Waals surface area contributed by atoms with Crippen LogP contribution in [0.1, 0.15) is 37.7 Å². The number of ether oxygens (including phenoxy) is 2. The lowest BCUT2D eigenvalue weighted by Crippen LogP contribution is -2.47. The van der Waals surface area contributed by atoms with E-state index in [1.807, 2.05) is 18.2 Å². The van der Waals surface area contributed by atoms with Gasteiger partial charge in [-0.2, -0.15) is 0 Å². The lowest BCUT2D eigenvalue weighted by Gasteiger charge is -2.40. The van der Waals surface area contributed by atoms with Crippen molar-refractivity contribution in [3.8, 4) is 0 Å². The smallest absolute Gasteiger partial charge is 0.226 e. The summed E-state index contributed by atoms with van der Waals surface area (Å²) in [5.74, 6) is 0.219. The predicted octanol–water partition coefficient (Wildman–Crippen LogP) is 2.71. The van der Waals surface area contributed by atoms with Crippen molar-refractivity contribution in [1.82, 2.24) is 5.32 Å². The summed E-state index contributed by atoms with van der Waals surface area (Å²) < 4.78 is 11.0. The molecule has 1 aliphatic heterocycles. The number of rotatable bonds is 8. The fourth-order valence-corrected chi connectivity index (χ4v) is 3.43. The topological polar surface area (TPSA) is 47.6 Å². The highest BCUT2D eigenvalue weighted by atomic mass is 16.5. The third kappa shape index (κ3) is 4.33. The fraction of sp³-hybridized carbons (Fsp3) is 0.632. The molecule has 0 unspecified atom stereocenters. The van der Waals surface area contributed by atoms with Crippen molar-refractivity contribution in [2.45, 2.75) is 44.6 Å². The van der Waals surface area contributed by atoms with E-state index >= 15 is 0 Å². The van der Waals surface area contributed by atoms with Gasteiger partial charge in [0, 0.05) is 19.8 Å². The maximum atomic E-state index is 12.6. The van der Waals surface area contributed by atoms with E-state index in [4.69, 9.17) is 9.47 Å². The molecule has 23 heavy (non-hydrogen) atoms. The Hall–Kier alpha value is -1.39. The van der Waals surface area contributed by atoms with Gasteiger partial charge in [0.15, 0.2) is 0 Å². The van der Waals surface area contributed by atoms with Gasteiger partial charge in [0.05, 0.1) is 18.1 Å². The first-order valence-corrected chi connectivity index (χ1v) is 8.80. The summed E-state index contributed by atoms with van der Waals surface area (Å²) in [6.07, 6.45) is 6.13. The Morgan fingerprint density at radius 2 is 2.13 bits per heavy atom. The van der Waals surface area contributed by atoms with E-state index in [2.05, 4.69) is 17.4 Å². The van der Waals surface area contributed by atoms with Crippen LogP contribution in [0, 0.1) is 5.41 Å². The van der Waals surface area contributed by atoms with Crippen LogP contribution in [0.2, 0.25) is 0 Å². The van der Waals surface area contributed by atoms with Crippen LogP contribution in [0.15, 0.2) is 30.3 Å². The van der Waals surface area contributed by atoms with Gasteiger partial charge in [0.2, 0.25) is 5.91 Å². The Balaban J connectivity index is 1.39. The fourth-order valence-electron chi connectivity index (χ4n) is 3.43. The summed E-state index contributed by atoms with van der Waals surface area (Å²) in [6.45, 7) is 2.92. The van der Waals surface area contributed by atoms with Crippen LogP contribution in [-0.4, -0.2) is 38.4 Å². The molecule has 4 heteroatoms. The highest BCUT2D eigenvalue weighted by Crippen LogP contribution is 2.43. The molecular formula is C19H27NO3. The summed E-state index contributed by atoms with van der Waals surface area (Å²) in [5, 5.41) is 3.12. The molecular weight excluding hydrogens is 290 g/mol. The molecule has 1 amide bonds. The van der Waals surface area contributed by atoms with Gasteiger partial charge in [0.25, 0.3) is 0 Å². The van der Waals surface area contributed by atoms with Crippen LogP contribution in [0.5, 0.6) is 0 Å². The Kier molecular flexibility index (Phi) is 5.68. The second kappa shape index (κ2) is 7.93. The van der Waals surface area contributed by atoms with Crippen LogP contribution < -0.4 is 5.32 Å². The maximum absolute atomic E-state index is 12.6. The van der Waals surface area contributed by atoms with E-state index in [0.717, 1.165) is 45.1 Å². The second-order valence-electron chi connectivity index (χ2n) is 6.76. The van der Waals surface area contributed by atoms with Gasteiger partial charge in [-0.25, -0.2) is 0 Å². The summed E-state index contributed by atoms with van der Waals surface area (Å²) in [5.41, 5.74) is 1.08. The zero-order chi connectivity index (χ0) is 16.0. The number of hydrogen-bond donors (Lipinski definition) is 1. The SMILES string of the molecule is O=C(NCCCO[C@@H]1CCOC1)C1(Cc2ccccc2)CCC1. The van der Waals surface area contributed by atoms with E-state index in [1.54, 1.807) is 0 Å². The van der Waals surface area contributed by atoms with Crippen molar-refractivity contribution in [2.75, 3.05) is 26.4 Å². The monoisotopic (exact) mass is 317 g/mol. The highest BCUT2D eigenvalue weighted by Gasteiger charge is 2.43. The van der Waals surface area contributed by atoms with Crippen molar-refractivity contribution in [3.63, 3.8) is 0 Å². The summed E-state index contributed by atoms with van der Waals surface area (Å²) in [6, 6.07) is 10.3. The zero-order valence-corrected chi connectivity index (χ0v) is 13.8. The van der Waals surface area contributed by atoms with Gasteiger partial charge in [0.1, 0.15) is 0 Å². The van der Waals surface area contributed by atoms with Gasteiger partial charge in [-0.05, 0) is 37.7 Å². The molecule has 0 radical (unpaired) electrons. The summed E-state index contributed by atoms with van der Waals surface area (Å²) in [7, 11) is 0. The third-order valence-electron chi connectivity index (χ3n) is 5.03. The maximum Gasteiger partial charge on any atom is 0.226 e. The second-order valence-corrected chi connectivity index (χ2v) is 6.76. The van der Waals surface area contributed by atoms with E-state index in [-0.39, 0.29) is 17.4 Å². The van der Waals surface area contributed by atoms with Gasteiger partial charge in [-0.15, -0.1) is 0 Å². The number of amides is 1. The number of nitrogens with one attached hydrogen (secondary N) is 1. The van der Waals surface area contributed by atoms with Gasteiger partial charge in [-0.1, -0.05) is 36.8 Å². The van der Waals surface area contributed by atoms with Crippen molar-refractivity contribution in [3.05, 3.63) is 35.9 Å². The van der Waals surface area contributed by atoms with Crippen LogP contribution in [0.25, 0.3) is 0 Å². The first-order chi connectivity index (χ1) is 11.3. The third-order valence-corrected chi connectivity index (χ3v) is 5.03. The van der Waals surface area contributed by atoms with Gasteiger partial charge >= 0.3 is 0 Å². The Labute approximate surface area is 138 Å². The molecule has 1 aromatic carbocycles. The number of carbonyl (C=O) groups is 1. The first kappa shape index (κ1) is 16.5. The molecule has 0 aromatic heterocycles. The molecule has 3 rings (SSSR count). The minimum atomic E-state index is -0.179. The number of carbonyl (C=O) groups excluding carboxylic acids is 1. The molecule has 1 aromatic rings. The van der Waals surface area contributed by atoms with Crippen molar-refractivity contribution >= 4 is 5.91 Å². The van der Waals surface area contributed by atoms with Crippen molar-refractivity contribution in [1.29, 1.82) is 0 Å². The largest absolute Gasteiger partial charge is 0.379 e. The minimum Gasteiger partial charge on any atom is -0.379 e. The molecule has 2 aliphatic rings. The molecule has 1 atom stereocenters. The van der Waals surface area contributed by atoms with Gasteiger partial charge in [-0.3, -0.25) is 4.79 Å². The minimum absolute atomic E-state index is 0.179. The lowest BCUT2D eigenvalue weighted by atomic mass is 9.64. The zero-order valence-electron chi connectivity index (χ0n) is 13.8. The van der Waals surface area contributed by atoms with Gasteiger partial charge < -0.3 is 14.8 Å². The van der Waals surface area contributed by atoms with E-state index in [1.165, 1.54) is 5.56 Å². The average molecular weight is 317 g/mol. The molecule has 4 nitrogen and oxygen atoms in total. The van der Waals surface area contributed by atoms with E-state index in [9.17, 15) is 4.79 Å². The van der Waals surface area contributed by atoms with E-state index in [0.29, 0.717) is 19.8 Å². The van der Waals surface area contributed by atoms with Crippen LogP contribution >= 0.6 is 0 Å². The number of hydrogen-bond acceptors (Lipinski definition) is 3. The molecule has 1 saturated carbocycles. The van der Waals surface area contributed by atoms with Crippen LogP contribution in [-0.2, 0) is 20.7 Å². The molecule has 0 bridgehead atoms. The Bertz CT molecular complexity index is 493. The average Bonchev–Trinajstić information content (AvgIpc) is 3.05. The van der Waals surface area contributed by atoms with Crippen molar-refractivity contribution < 1.29 is 14.3 Å². The standard InChI is InChI=1S/C19H27NO3/c21-18(20-11-5-12-23-17-8-13-22-15-17)19(9-4-10-19)14-16-6-2-1-3-7-16/h1-3,6-7,17H,4-5,8-15H2,(H,20,21)/t17-/m1/s1. The molecule has 1 saturated heterocycles. The molecule has 126 valence electrons. The normalized spacial score (nSPS) is 22.5. The lowest BCUT2D eigenvalue weighted by molar-refractivity contribution is -0.136. The summed E-state index contributed by atoms with van der Waals surface area (Å²) in [4.78, 5) is 12.6. The molecule has 2 fully saturated rings. The molecule has 1 N–H and O–H groups in total. The highest BCUT2D eigenvalue weighted by molar-refractivity contribution is 5.83. The summed E-state index contributed by atoms with van der Waals surface area (Å²) >= 11 is 0. The van der Waals surface area contributed by atoms with Crippen LogP contribution in [0.4, 0.5) is 0 Å². The Morgan fingerprint density at radius 1 is 1.30 bits per heavy atom. The van der Waals surface area contributed by atoms with Crippen LogP contribution in [0.3, 0.4) is 0 Å². The molecule has 0 spiro atoms. The predicted molar refractivity (Wildman–Crippen MR) is 89.2 cm³/mol. The number of benzene rings is 1. The van der Waals surface area contributed by atoms with E-state index < -0.39 is 0 Å².